The van der Waals surface area contributed by atoms with Crippen molar-refractivity contribution < 1.29 is 14.7 Å². The van der Waals surface area contributed by atoms with E-state index in [0.717, 1.165) is 15.7 Å². The molecule has 1 aliphatic rings. The minimum Gasteiger partial charge on any atom is -0.465 e. The highest BCUT2D eigenvalue weighted by atomic mass is 79.9. The average molecular weight is 460 g/mol. The zero-order chi connectivity index (χ0) is 21.1. The van der Waals surface area contributed by atoms with Gasteiger partial charge in [0.05, 0.1) is 29.9 Å². The molecule has 1 saturated heterocycles. The standard InChI is InChI=1S/C20H22BrN5O3/c1-11(2)17(25-20(28)29)19(27)26-10-12(8-22)7-16(26)18-23-9-15(24-18)13-3-5-14(21)6-4-13/h3-6,9,11-12,16-17,25H,7,10H2,1-2H3,(H,23,24)(H,28,29). The first-order valence-corrected chi connectivity index (χ1v) is 10.1. The van der Waals surface area contributed by atoms with Crippen molar-refractivity contribution in [2.45, 2.75) is 32.4 Å². The van der Waals surface area contributed by atoms with Gasteiger partial charge in [-0.25, -0.2) is 9.78 Å². The van der Waals surface area contributed by atoms with Gasteiger partial charge in [-0.3, -0.25) is 4.79 Å². The highest BCUT2D eigenvalue weighted by Crippen LogP contribution is 2.35. The fourth-order valence-electron chi connectivity index (χ4n) is 3.54. The molecule has 0 radical (unpaired) electrons. The molecule has 1 aromatic heterocycles. The topological polar surface area (TPSA) is 122 Å². The van der Waals surface area contributed by atoms with E-state index in [0.29, 0.717) is 12.2 Å². The molecular weight excluding hydrogens is 438 g/mol. The summed E-state index contributed by atoms with van der Waals surface area (Å²) < 4.78 is 0.969. The zero-order valence-electron chi connectivity index (χ0n) is 16.1. The van der Waals surface area contributed by atoms with E-state index in [1.54, 1.807) is 24.9 Å². The molecule has 152 valence electrons. The van der Waals surface area contributed by atoms with E-state index in [1.165, 1.54) is 0 Å². The lowest BCUT2D eigenvalue weighted by molar-refractivity contribution is -0.135. The van der Waals surface area contributed by atoms with Crippen LogP contribution < -0.4 is 5.32 Å². The molecule has 1 fully saturated rings. The normalized spacial score (nSPS) is 19.8. The molecule has 3 N–H and O–H groups in total. The van der Waals surface area contributed by atoms with Crippen LogP contribution in [0.4, 0.5) is 4.79 Å². The lowest BCUT2D eigenvalue weighted by Gasteiger charge is -2.29. The number of imidazole rings is 1. The number of nitrogens with zero attached hydrogens (tertiary/aromatic N) is 3. The van der Waals surface area contributed by atoms with Gasteiger partial charge in [-0.15, -0.1) is 0 Å². The van der Waals surface area contributed by atoms with Crippen molar-refractivity contribution in [3.05, 3.63) is 40.8 Å². The average Bonchev–Trinajstić information content (AvgIpc) is 3.32. The Morgan fingerprint density at radius 3 is 2.66 bits per heavy atom. The van der Waals surface area contributed by atoms with Crippen LogP contribution >= 0.6 is 15.9 Å². The van der Waals surface area contributed by atoms with Gasteiger partial charge in [0.25, 0.3) is 0 Å². The molecule has 2 aromatic rings. The first-order chi connectivity index (χ1) is 13.8. The van der Waals surface area contributed by atoms with Crippen molar-refractivity contribution in [2.75, 3.05) is 6.54 Å². The number of H-pyrrole nitrogens is 1. The Labute approximate surface area is 177 Å². The highest BCUT2D eigenvalue weighted by molar-refractivity contribution is 9.10. The molecule has 0 aliphatic carbocycles. The third kappa shape index (κ3) is 4.59. The Bertz CT molecular complexity index is 934. The largest absolute Gasteiger partial charge is 0.465 e. The summed E-state index contributed by atoms with van der Waals surface area (Å²) in [4.78, 5) is 33.5. The number of aromatic nitrogens is 2. The minimum absolute atomic E-state index is 0.227. The Morgan fingerprint density at radius 2 is 2.07 bits per heavy atom. The Balaban J connectivity index is 1.88. The maximum Gasteiger partial charge on any atom is 0.405 e. The van der Waals surface area contributed by atoms with Crippen LogP contribution in [-0.2, 0) is 4.79 Å². The summed E-state index contributed by atoms with van der Waals surface area (Å²) in [6.45, 7) is 3.81. The molecule has 8 nitrogen and oxygen atoms in total. The molecule has 2 heterocycles. The summed E-state index contributed by atoms with van der Waals surface area (Å²) in [7, 11) is 0. The summed E-state index contributed by atoms with van der Waals surface area (Å²) in [6, 6.07) is 8.69. The van der Waals surface area contributed by atoms with Gasteiger partial charge in [0, 0.05) is 11.0 Å². The second-order valence-electron chi connectivity index (χ2n) is 7.43. The van der Waals surface area contributed by atoms with E-state index in [9.17, 15) is 14.9 Å². The van der Waals surface area contributed by atoms with Crippen molar-refractivity contribution in [3.8, 4) is 17.3 Å². The van der Waals surface area contributed by atoms with E-state index >= 15 is 0 Å². The van der Waals surface area contributed by atoms with Crippen molar-refractivity contribution in [1.29, 1.82) is 5.26 Å². The van der Waals surface area contributed by atoms with Crippen molar-refractivity contribution in [1.82, 2.24) is 20.2 Å². The number of benzene rings is 1. The predicted molar refractivity (Wildman–Crippen MR) is 110 cm³/mol. The quantitative estimate of drug-likeness (QED) is 0.630. The molecule has 0 bridgehead atoms. The van der Waals surface area contributed by atoms with Gasteiger partial charge in [0.15, 0.2) is 0 Å². The number of aromatic amines is 1. The van der Waals surface area contributed by atoms with Crippen LogP contribution in [-0.4, -0.2) is 44.6 Å². The number of rotatable bonds is 5. The molecule has 1 aromatic carbocycles. The number of carboxylic acid groups (broad SMARTS) is 1. The number of likely N-dealkylation sites (tertiary alicyclic amines) is 1. The maximum absolute atomic E-state index is 13.1. The molecule has 3 rings (SSSR count). The van der Waals surface area contributed by atoms with Crippen molar-refractivity contribution >= 4 is 27.9 Å². The number of nitriles is 1. The number of nitrogens with one attached hydrogen (secondary N) is 2. The molecule has 9 heteroatoms. The van der Waals surface area contributed by atoms with E-state index in [-0.39, 0.29) is 24.3 Å². The van der Waals surface area contributed by atoms with Gasteiger partial charge in [0.1, 0.15) is 11.9 Å². The van der Waals surface area contributed by atoms with Crippen LogP contribution in [0.25, 0.3) is 11.3 Å². The first-order valence-electron chi connectivity index (χ1n) is 9.30. The molecule has 0 spiro atoms. The second-order valence-corrected chi connectivity index (χ2v) is 8.34. The molecule has 0 saturated carbocycles. The number of hydrogen-bond donors (Lipinski definition) is 3. The van der Waals surface area contributed by atoms with E-state index < -0.39 is 18.2 Å². The molecule has 1 aliphatic heterocycles. The molecule has 3 atom stereocenters. The summed E-state index contributed by atoms with van der Waals surface area (Å²) >= 11 is 3.41. The lowest BCUT2D eigenvalue weighted by atomic mass is 10.0. The Hall–Kier alpha value is -2.86. The van der Waals surface area contributed by atoms with Gasteiger partial charge in [0.2, 0.25) is 5.91 Å². The Kier molecular flexibility index (Phi) is 6.23. The summed E-state index contributed by atoms with van der Waals surface area (Å²) in [5, 5.41) is 20.8. The smallest absolute Gasteiger partial charge is 0.405 e. The number of hydrogen-bond acceptors (Lipinski definition) is 4. The number of amides is 2. The number of carbonyl (C=O) groups excluding carboxylic acids is 1. The maximum atomic E-state index is 13.1. The van der Waals surface area contributed by atoms with Crippen LogP contribution in [0.2, 0.25) is 0 Å². The fourth-order valence-corrected chi connectivity index (χ4v) is 3.80. The summed E-state index contributed by atoms with van der Waals surface area (Å²) in [5.41, 5.74) is 1.76. The van der Waals surface area contributed by atoms with Gasteiger partial charge in [-0.2, -0.15) is 5.26 Å². The van der Waals surface area contributed by atoms with Gasteiger partial charge >= 0.3 is 6.09 Å². The third-order valence-electron chi connectivity index (χ3n) is 5.04. The van der Waals surface area contributed by atoms with E-state index in [1.807, 2.05) is 24.3 Å². The van der Waals surface area contributed by atoms with Crippen LogP contribution in [0.15, 0.2) is 34.9 Å². The zero-order valence-corrected chi connectivity index (χ0v) is 17.7. The number of halogens is 1. The molecular formula is C20H22BrN5O3. The van der Waals surface area contributed by atoms with Crippen LogP contribution in [0, 0.1) is 23.2 Å². The van der Waals surface area contributed by atoms with Gasteiger partial charge in [-0.1, -0.05) is 41.9 Å². The van der Waals surface area contributed by atoms with Crippen LogP contribution in [0.5, 0.6) is 0 Å². The SMILES string of the molecule is CC(C)C(NC(=O)O)C(=O)N1CC(C#N)CC1c1ncc(-c2ccc(Br)cc2)[nH]1. The highest BCUT2D eigenvalue weighted by Gasteiger charge is 2.41. The molecule has 29 heavy (non-hydrogen) atoms. The van der Waals surface area contributed by atoms with Gasteiger partial charge in [-0.05, 0) is 30.0 Å². The molecule has 2 amide bonds. The van der Waals surface area contributed by atoms with E-state index in [4.69, 9.17) is 5.11 Å². The lowest BCUT2D eigenvalue weighted by Crippen LogP contribution is -2.50. The van der Waals surface area contributed by atoms with Crippen LogP contribution in [0.3, 0.4) is 0 Å². The molecule has 3 unspecified atom stereocenters. The van der Waals surface area contributed by atoms with Gasteiger partial charge < -0.3 is 20.3 Å². The first kappa shape index (κ1) is 20.9. The monoisotopic (exact) mass is 459 g/mol. The van der Waals surface area contributed by atoms with Crippen molar-refractivity contribution in [2.24, 2.45) is 11.8 Å². The second kappa shape index (κ2) is 8.66. The predicted octanol–water partition coefficient (Wildman–Crippen LogP) is 3.54. The summed E-state index contributed by atoms with van der Waals surface area (Å²) in [5.74, 6) is -0.309. The minimum atomic E-state index is -1.25. The number of carbonyl (C=O) groups is 2. The van der Waals surface area contributed by atoms with Crippen molar-refractivity contribution in [3.63, 3.8) is 0 Å². The third-order valence-corrected chi connectivity index (χ3v) is 5.57. The summed E-state index contributed by atoms with van der Waals surface area (Å²) in [6.07, 6.45) is 0.907. The fraction of sp³-hybridized carbons (Fsp3) is 0.400. The Morgan fingerprint density at radius 1 is 1.38 bits per heavy atom. The van der Waals surface area contributed by atoms with E-state index in [2.05, 4.69) is 37.3 Å². The van der Waals surface area contributed by atoms with Crippen LogP contribution in [0.1, 0.15) is 32.1 Å².